The molecule has 0 aromatic heterocycles. The number of hydrogen-bond donors (Lipinski definition) is 1. The lowest BCUT2D eigenvalue weighted by Gasteiger charge is -2.25. The molecule has 2 unspecified atom stereocenters. The molecule has 2 atom stereocenters. The fourth-order valence-electron chi connectivity index (χ4n) is 3.35. The number of nitrogens with zero attached hydrogens (tertiary/aromatic N) is 2. The molecule has 1 aromatic rings. The third kappa shape index (κ3) is 2.81. The molecule has 19 heavy (non-hydrogen) atoms. The topological polar surface area (TPSA) is 32.5 Å². The van der Waals surface area contributed by atoms with Gasteiger partial charge in [0.1, 0.15) is 0 Å². The second-order valence-corrected chi connectivity index (χ2v) is 6.58. The van der Waals surface area contributed by atoms with Gasteiger partial charge in [-0.1, -0.05) is 12.1 Å². The summed E-state index contributed by atoms with van der Waals surface area (Å²) in [6.45, 7) is 5.59. The van der Waals surface area contributed by atoms with Crippen LogP contribution in [-0.4, -0.2) is 43.7 Å². The molecule has 2 saturated heterocycles. The van der Waals surface area contributed by atoms with Crippen LogP contribution in [0.5, 0.6) is 0 Å². The molecule has 2 N–H and O–H groups in total. The molecular formula is C15H22BrN3. The van der Waals surface area contributed by atoms with Crippen molar-refractivity contribution in [1.29, 1.82) is 0 Å². The van der Waals surface area contributed by atoms with Crippen molar-refractivity contribution in [3.63, 3.8) is 0 Å². The molecule has 0 spiro atoms. The van der Waals surface area contributed by atoms with Crippen LogP contribution in [0.1, 0.15) is 12.8 Å². The van der Waals surface area contributed by atoms with Crippen molar-refractivity contribution in [2.75, 3.05) is 37.6 Å². The van der Waals surface area contributed by atoms with Gasteiger partial charge in [0.05, 0.1) is 5.69 Å². The number of rotatable bonds is 3. The Bertz CT molecular complexity index is 437. The Hall–Kier alpha value is -0.580. The molecule has 0 aliphatic carbocycles. The van der Waals surface area contributed by atoms with E-state index in [9.17, 15) is 0 Å². The van der Waals surface area contributed by atoms with E-state index in [0.717, 1.165) is 25.6 Å². The molecule has 3 rings (SSSR count). The van der Waals surface area contributed by atoms with Gasteiger partial charge in [-0.3, -0.25) is 4.90 Å². The summed E-state index contributed by atoms with van der Waals surface area (Å²) in [5, 5.41) is 0. The normalized spacial score (nSPS) is 28.2. The van der Waals surface area contributed by atoms with Gasteiger partial charge in [0, 0.05) is 30.1 Å². The number of nitrogens with two attached hydrogens (primary N) is 1. The molecule has 4 heteroatoms. The van der Waals surface area contributed by atoms with Crippen LogP contribution in [0.25, 0.3) is 0 Å². The molecule has 1 aromatic carbocycles. The highest BCUT2D eigenvalue weighted by Crippen LogP contribution is 2.31. The molecule has 0 amide bonds. The summed E-state index contributed by atoms with van der Waals surface area (Å²) in [6, 6.07) is 9.24. The van der Waals surface area contributed by atoms with Crippen molar-refractivity contribution >= 4 is 21.6 Å². The molecule has 2 heterocycles. The van der Waals surface area contributed by atoms with Gasteiger partial charge in [-0.25, -0.2) is 0 Å². The minimum Gasteiger partial charge on any atom is -0.369 e. The molecule has 0 bridgehead atoms. The molecule has 2 fully saturated rings. The lowest BCUT2D eigenvalue weighted by molar-refractivity contribution is 0.251. The average molecular weight is 324 g/mol. The summed E-state index contributed by atoms with van der Waals surface area (Å²) in [6.07, 6.45) is 2.56. The van der Waals surface area contributed by atoms with Crippen molar-refractivity contribution in [2.24, 2.45) is 11.7 Å². The van der Waals surface area contributed by atoms with E-state index in [2.05, 4.69) is 50.0 Å². The minimum atomic E-state index is 0.712. The summed E-state index contributed by atoms with van der Waals surface area (Å²) < 4.78 is 1.21. The maximum atomic E-state index is 5.79. The Labute approximate surface area is 123 Å². The van der Waals surface area contributed by atoms with Gasteiger partial charge in [0.2, 0.25) is 0 Å². The van der Waals surface area contributed by atoms with Crippen molar-refractivity contribution in [1.82, 2.24) is 4.90 Å². The monoisotopic (exact) mass is 323 g/mol. The first-order valence-corrected chi connectivity index (χ1v) is 8.01. The molecule has 2 aliphatic rings. The smallest absolute Gasteiger partial charge is 0.0511 e. The zero-order chi connectivity index (χ0) is 13.2. The molecule has 0 radical (unpaired) electrons. The number of halogens is 1. The lowest BCUT2D eigenvalue weighted by atomic mass is 10.1. The minimum absolute atomic E-state index is 0.712. The Balaban J connectivity index is 1.63. The number of benzene rings is 1. The molecule has 0 saturated carbocycles. The molecular weight excluding hydrogens is 302 g/mol. The fraction of sp³-hybridized carbons (Fsp3) is 0.600. The van der Waals surface area contributed by atoms with Crippen LogP contribution >= 0.6 is 15.9 Å². The van der Waals surface area contributed by atoms with E-state index < -0.39 is 0 Å². The summed E-state index contributed by atoms with van der Waals surface area (Å²) in [5.74, 6) is 0.720. The maximum absolute atomic E-state index is 5.79. The van der Waals surface area contributed by atoms with Gasteiger partial charge >= 0.3 is 0 Å². The van der Waals surface area contributed by atoms with Crippen LogP contribution in [-0.2, 0) is 0 Å². The van der Waals surface area contributed by atoms with Gasteiger partial charge in [0.25, 0.3) is 0 Å². The summed E-state index contributed by atoms with van der Waals surface area (Å²) in [4.78, 5) is 5.15. The van der Waals surface area contributed by atoms with Crippen molar-refractivity contribution in [2.45, 2.75) is 18.9 Å². The van der Waals surface area contributed by atoms with Crippen LogP contribution in [0, 0.1) is 5.92 Å². The quantitative estimate of drug-likeness (QED) is 0.926. The van der Waals surface area contributed by atoms with E-state index in [1.165, 1.54) is 36.1 Å². The zero-order valence-electron chi connectivity index (χ0n) is 11.3. The highest BCUT2D eigenvalue weighted by Gasteiger charge is 2.32. The van der Waals surface area contributed by atoms with E-state index in [4.69, 9.17) is 5.73 Å². The highest BCUT2D eigenvalue weighted by molar-refractivity contribution is 9.10. The van der Waals surface area contributed by atoms with E-state index in [1.807, 2.05) is 0 Å². The second kappa shape index (κ2) is 5.81. The van der Waals surface area contributed by atoms with Crippen LogP contribution in [0.15, 0.2) is 28.7 Å². The van der Waals surface area contributed by atoms with Crippen molar-refractivity contribution in [3.8, 4) is 0 Å². The predicted molar refractivity (Wildman–Crippen MR) is 83.5 cm³/mol. The Morgan fingerprint density at radius 3 is 2.74 bits per heavy atom. The summed E-state index contributed by atoms with van der Waals surface area (Å²) >= 11 is 3.66. The standard InChI is InChI=1S/C15H22BrN3/c16-14-3-1-2-4-15(14)19-8-6-13(11-19)18-7-5-12(9-17)10-18/h1-4,12-13H,5-11,17H2. The first kappa shape index (κ1) is 13.4. The third-order valence-electron chi connectivity index (χ3n) is 4.52. The molecule has 104 valence electrons. The molecule has 2 aliphatic heterocycles. The average Bonchev–Trinajstić information content (AvgIpc) is 3.08. The Morgan fingerprint density at radius 1 is 1.16 bits per heavy atom. The van der Waals surface area contributed by atoms with E-state index in [0.29, 0.717) is 6.04 Å². The van der Waals surface area contributed by atoms with E-state index in [-0.39, 0.29) is 0 Å². The number of anilines is 1. The predicted octanol–water partition coefficient (Wildman–Crippen LogP) is 2.31. The highest BCUT2D eigenvalue weighted by atomic mass is 79.9. The fourth-order valence-corrected chi connectivity index (χ4v) is 3.89. The van der Waals surface area contributed by atoms with Gasteiger partial charge < -0.3 is 10.6 Å². The zero-order valence-corrected chi connectivity index (χ0v) is 12.8. The van der Waals surface area contributed by atoms with Crippen LogP contribution < -0.4 is 10.6 Å². The summed E-state index contributed by atoms with van der Waals surface area (Å²) in [5.41, 5.74) is 7.12. The van der Waals surface area contributed by atoms with Gasteiger partial charge in [-0.15, -0.1) is 0 Å². The van der Waals surface area contributed by atoms with Crippen molar-refractivity contribution in [3.05, 3.63) is 28.7 Å². The Kier molecular flexibility index (Phi) is 4.10. The first-order valence-electron chi connectivity index (χ1n) is 7.21. The number of likely N-dealkylation sites (tertiary alicyclic amines) is 1. The van der Waals surface area contributed by atoms with Gasteiger partial charge in [0.15, 0.2) is 0 Å². The SMILES string of the molecule is NCC1CCN(C2CCN(c3ccccc3Br)C2)C1. The third-order valence-corrected chi connectivity index (χ3v) is 5.19. The van der Waals surface area contributed by atoms with Crippen LogP contribution in [0.4, 0.5) is 5.69 Å². The van der Waals surface area contributed by atoms with Crippen LogP contribution in [0.2, 0.25) is 0 Å². The van der Waals surface area contributed by atoms with E-state index in [1.54, 1.807) is 0 Å². The molecule has 3 nitrogen and oxygen atoms in total. The second-order valence-electron chi connectivity index (χ2n) is 5.73. The first-order chi connectivity index (χ1) is 9.28. The van der Waals surface area contributed by atoms with Crippen LogP contribution in [0.3, 0.4) is 0 Å². The van der Waals surface area contributed by atoms with E-state index >= 15 is 0 Å². The van der Waals surface area contributed by atoms with Gasteiger partial charge in [-0.2, -0.15) is 0 Å². The number of hydrogen-bond acceptors (Lipinski definition) is 3. The number of para-hydroxylation sites is 1. The van der Waals surface area contributed by atoms with Gasteiger partial charge in [-0.05, 0) is 59.9 Å². The Morgan fingerprint density at radius 2 is 2.00 bits per heavy atom. The summed E-state index contributed by atoms with van der Waals surface area (Å²) in [7, 11) is 0. The maximum Gasteiger partial charge on any atom is 0.0511 e. The lowest BCUT2D eigenvalue weighted by Crippen LogP contribution is -2.36. The largest absolute Gasteiger partial charge is 0.369 e. The van der Waals surface area contributed by atoms with Crippen molar-refractivity contribution < 1.29 is 0 Å².